The maximum Gasteiger partial charge on any atom is 0.278 e. The summed E-state index contributed by atoms with van der Waals surface area (Å²) in [6.45, 7) is 3.60. The van der Waals surface area contributed by atoms with Crippen LogP contribution in [0.3, 0.4) is 0 Å². The molecule has 1 heterocycles. The summed E-state index contributed by atoms with van der Waals surface area (Å²) in [5, 5.41) is 0.0662. The standard InChI is InChI=1S/C11H13N3O2S/c1-8-4-3-5-10(6-8)14-17(15,16)11-7-12-9(2)13-11/h3-7,14H,1-2H3,(H,12,13). The van der Waals surface area contributed by atoms with Crippen molar-refractivity contribution in [2.24, 2.45) is 0 Å². The van der Waals surface area contributed by atoms with Crippen LogP contribution in [0, 0.1) is 13.8 Å². The van der Waals surface area contributed by atoms with E-state index < -0.39 is 10.0 Å². The second kappa shape index (κ2) is 4.21. The van der Waals surface area contributed by atoms with E-state index >= 15 is 0 Å². The van der Waals surface area contributed by atoms with Gasteiger partial charge in [-0.2, -0.15) is 8.42 Å². The first-order valence-corrected chi connectivity index (χ1v) is 6.57. The molecule has 2 N–H and O–H groups in total. The molecule has 0 aliphatic heterocycles. The van der Waals surface area contributed by atoms with Crippen molar-refractivity contribution in [3.63, 3.8) is 0 Å². The van der Waals surface area contributed by atoms with E-state index in [1.165, 1.54) is 6.20 Å². The third-order valence-electron chi connectivity index (χ3n) is 2.24. The minimum atomic E-state index is -3.58. The van der Waals surface area contributed by atoms with Gasteiger partial charge in [0.25, 0.3) is 10.0 Å². The molecule has 0 amide bonds. The molecule has 0 spiro atoms. The molecule has 6 heteroatoms. The molecule has 0 aliphatic carbocycles. The summed E-state index contributed by atoms with van der Waals surface area (Å²) >= 11 is 0. The molecule has 0 unspecified atom stereocenters. The lowest BCUT2D eigenvalue weighted by molar-refractivity contribution is 0.598. The van der Waals surface area contributed by atoms with Gasteiger partial charge in [0.05, 0.1) is 6.20 Å². The number of anilines is 1. The minimum Gasteiger partial charge on any atom is -0.332 e. The smallest absolute Gasteiger partial charge is 0.278 e. The van der Waals surface area contributed by atoms with Crippen LogP contribution < -0.4 is 4.72 Å². The Hall–Kier alpha value is -1.82. The Morgan fingerprint density at radius 3 is 2.65 bits per heavy atom. The van der Waals surface area contributed by atoms with Gasteiger partial charge in [-0.05, 0) is 31.5 Å². The highest BCUT2D eigenvalue weighted by molar-refractivity contribution is 7.92. The van der Waals surface area contributed by atoms with Crippen LogP contribution in [0.1, 0.15) is 11.4 Å². The summed E-state index contributed by atoms with van der Waals surface area (Å²) in [7, 11) is -3.58. The number of nitrogens with zero attached hydrogens (tertiary/aromatic N) is 1. The van der Waals surface area contributed by atoms with E-state index in [2.05, 4.69) is 14.7 Å². The SMILES string of the molecule is Cc1cccc(NS(=O)(=O)c2cnc(C)[nH]2)c1. The van der Waals surface area contributed by atoms with E-state index in [9.17, 15) is 8.42 Å². The van der Waals surface area contributed by atoms with E-state index in [0.717, 1.165) is 5.56 Å². The fourth-order valence-electron chi connectivity index (χ4n) is 1.45. The van der Waals surface area contributed by atoms with Crippen LogP contribution in [0.2, 0.25) is 0 Å². The highest BCUT2D eigenvalue weighted by atomic mass is 32.2. The number of aromatic amines is 1. The largest absolute Gasteiger partial charge is 0.332 e. The van der Waals surface area contributed by atoms with Crippen molar-refractivity contribution in [2.75, 3.05) is 4.72 Å². The van der Waals surface area contributed by atoms with Crippen molar-refractivity contribution >= 4 is 15.7 Å². The van der Waals surface area contributed by atoms with Gasteiger partial charge in [-0.15, -0.1) is 0 Å². The number of aryl methyl sites for hydroxylation is 2. The third-order valence-corrected chi connectivity index (χ3v) is 3.53. The zero-order valence-corrected chi connectivity index (χ0v) is 10.4. The second-order valence-corrected chi connectivity index (χ2v) is 5.46. The summed E-state index contributed by atoms with van der Waals surface area (Å²) in [5.41, 5.74) is 1.53. The molecule has 1 aromatic heterocycles. The normalized spacial score (nSPS) is 11.4. The quantitative estimate of drug-likeness (QED) is 0.873. The lowest BCUT2D eigenvalue weighted by Gasteiger charge is -2.06. The van der Waals surface area contributed by atoms with Gasteiger partial charge in [-0.1, -0.05) is 12.1 Å². The molecule has 17 heavy (non-hydrogen) atoms. The van der Waals surface area contributed by atoms with Gasteiger partial charge in [-0.3, -0.25) is 4.72 Å². The predicted molar refractivity (Wildman–Crippen MR) is 65.3 cm³/mol. The van der Waals surface area contributed by atoms with E-state index in [1.807, 2.05) is 13.0 Å². The number of hydrogen-bond donors (Lipinski definition) is 2. The molecular weight excluding hydrogens is 238 g/mol. The molecule has 0 bridgehead atoms. The minimum absolute atomic E-state index is 0.0662. The number of hydrogen-bond acceptors (Lipinski definition) is 3. The Morgan fingerprint density at radius 2 is 2.06 bits per heavy atom. The molecule has 5 nitrogen and oxygen atoms in total. The average Bonchev–Trinajstić information content (AvgIpc) is 2.65. The number of H-pyrrole nitrogens is 1. The lowest BCUT2D eigenvalue weighted by atomic mass is 10.2. The molecule has 90 valence electrons. The first-order chi connectivity index (χ1) is 7.97. The fraction of sp³-hybridized carbons (Fsp3) is 0.182. The van der Waals surface area contributed by atoms with Crippen LogP contribution in [-0.4, -0.2) is 18.4 Å². The van der Waals surface area contributed by atoms with Gasteiger partial charge in [0.15, 0.2) is 5.03 Å². The Kier molecular flexibility index (Phi) is 2.89. The molecular formula is C11H13N3O2S. The zero-order chi connectivity index (χ0) is 12.5. The van der Waals surface area contributed by atoms with Crippen molar-refractivity contribution in [3.05, 3.63) is 41.9 Å². The van der Waals surface area contributed by atoms with Crippen LogP contribution in [0.4, 0.5) is 5.69 Å². The molecule has 2 rings (SSSR count). The van der Waals surface area contributed by atoms with E-state index in [-0.39, 0.29) is 5.03 Å². The number of sulfonamides is 1. The summed E-state index contributed by atoms with van der Waals surface area (Å²) in [6.07, 6.45) is 1.30. The predicted octanol–water partition coefficient (Wildman–Crippen LogP) is 1.83. The lowest BCUT2D eigenvalue weighted by Crippen LogP contribution is -2.13. The van der Waals surface area contributed by atoms with Crippen molar-refractivity contribution in [3.8, 4) is 0 Å². The molecule has 0 atom stereocenters. The molecule has 0 fully saturated rings. The Morgan fingerprint density at radius 1 is 1.29 bits per heavy atom. The first kappa shape index (κ1) is 11.7. The van der Waals surface area contributed by atoms with Crippen molar-refractivity contribution < 1.29 is 8.42 Å². The number of imidazole rings is 1. The fourth-order valence-corrected chi connectivity index (χ4v) is 2.47. The molecule has 0 radical (unpaired) electrons. The highest BCUT2D eigenvalue weighted by Crippen LogP contribution is 2.15. The van der Waals surface area contributed by atoms with E-state index in [4.69, 9.17) is 0 Å². The van der Waals surface area contributed by atoms with Crippen LogP contribution in [0.25, 0.3) is 0 Å². The Bertz CT molecular complexity index is 632. The topological polar surface area (TPSA) is 74.8 Å². The van der Waals surface area contributed by atoms with Gasteiger partial charge >= 0.3 is 0 Å². The molecule has 1 aromatic carbocycles. The van der Waals surface area contributed by atoms with Gasteiger partial charge < -0.3 is 4.98 Å². The summed E-state index contributed by atoms with van der Waals surface area (Å²) in [5.74, 6) is 0.564. The zero-order valence-electron chi connectivity index (χ0n) is 9.56. The van der Waals surface area contributed by atoms with E-state index in [1.54, 1.807) is 25.1 Å². The van der Waals surface area contributed by atoms with Crippen LogP contribution in [0.15, 0.2) is 35.5 Å². The van der Waals surface area contributed by atoms with Crippen LogP contribution in [-0.2, 0) is 10.0 Å². The van der Waals surface area contributed by atoms with Crippen LogP contribution in [0.5, 0.6) is 0 Å². The maximum absolute atomic E-state index is 11.9. The van der Waals surface area contributed by atoms with Gasteiger partial charge in [0.2, 0.25) is 0 Å². The molecule has 0 saturated carbocycles. The summed E-state index contributed by atoms with van der Waals surface area (Å²) in [6, 6.07) is 7.16. The van der Waals surface area contributed by atoms with Gasteiger partial charge in [0.1, 0.15) is 5.82 Å². The monoisotopic (exact) mass is 251 g/mol. The van der Waals surface area contributed by atoms with Gasteiger partial charge in [-0.25, -0.2) is 4.98 Å². The first-order valence-electron chi connectivity index (χ1n) is 5.08. The van der Waals surface area contributed by atoms with Crippen molar-refractivity contribution in [2.45, 2.75) is 18.9 Å². The second-order valence-electron chi connectivity index (χ2n) is 3.81. The maximum atomic E-state index is 11.9. The molecule has 0 saturated heterocycles. The van der Waals surface area contributed by atoms with Crippen LogP contribution >= 0.6 is 0 Å². The van der Waals surface area contributed by atoms with Crippen molar-refractivity contribution in [1.29, 1.82) is 0 Å². The summed E-state index contributed by atoms with van der Waals surface area (Å²) in [4.78, 5) is 6.56. The van der Waals surface area contributed by atoms with Crippen molar-refractivity contribution in [1.82, 2.24) is 9.97 Å². The average molecular weight is 251 g/mol. The van der Waals surface area contributed by atoms with E-state index in [0.29, 0.717) is 11.5 Å². The number of nitrogens with one attached hydrogen (secondary N) is 2. The molecule has 0 aliphatic rings. The van der Waals surface area contributed by atoms with Gasteiger partial charge in [0, 0.05) is 5.69 Å². The number of benzene rings is 1. The highest BCUT2D eigenvalue weighted by Gasteiger charge is 2.16. The Labute approximate surface area is 100.0 Å². The number of rotatable bonds is 3. The Balaban J connectivity index is 2.29. The summed E-state index contributed by atoms with van der Waals surface area (Å²) < 4.78 is 26.4. The molecule has 2 aromatic rings. The third kappa shape index (κ3) is 2.65. The number of aromatic nitrogens is 2.